The summed E-state index contributed by atoms with van der Waals surface area (Å²) < 4.78 is 13.3. The zero-order valence-electron chi connectivity index (χ0n) is 7.79. The van der Waals surface area contributed by atoms with Crippen LogP contribution in [0.5, 0.6) is 0 Å². The summed E-state index contributed by atoms with van der Waals surface area (Å²) in [6.45, 7) is 1.37. The number of thioether (sulfide) groups is 1. The zero-order valence-corrected chi connectivity index (χ0v) is 8.60. The van der Waals surface area contributed by atoms with Gasteiger partial charge in [0.15, 0.2) is 5.78 Å². The molecule has 76 valence electrons. The lowest BCUT2D eigenvalue weighted by Gasteiger charge is -2.06. The number of carbonyl (C=O) groups excluding carboxylic acids is 1. The molecule has 1 aromatic carbocycles. The maximum Gasteiger partial charge on any atom is 0.161 e. The van der Waals surface area contributed by atoms with Crippen LogP contribution >= 0.6 is 11.8 Å². The lowest BCUT2D eigenvalue weighted by molar-refractivity contribution is 0.101. The summed E-state index contributed by atoms with van der Waals surface area (Å²) in [5.41, 5.74) is 0.378. The monoisotopic (exact) mass is 214 g/mol. The van der Waals surface area contributed by atoms with Crippen molar-refractivity contribution in [3.05, 3.63) is 29.6 Å². The van der Waals surface area contributed by atoms with Crippen molar-refractivity contribution in [2.75, 3.05) is 12.4 Å². The summed E-state index contributed by atoms with van der Waals surface area (Å²) in [7, 11) is 0. The number of Topliss-reactive ketones (excluding diaryl/α,β-unsaturated/α-hetero) is 1. The summed E-state index contributed by atoms with van der Waals surface area (Å²) in [5.74, 6) is -0.178. The van der Waals surface area contributed by atoms with Gasteiger partial charge in [-0.3, -0.25) is 4.79 Å². The van der Waals surface area contributed by atoms with Crippen LogP contribution in [0.4, 0.5) is 4.39 Å². The highest BCUT2D eigenvalue weighted by Crippen LogP contribution is 2.25. The van der Waals surface area contributed by atoms with Gasteiger partial charge in [0, 0.05) is 11.3 Å². The van der Waals surface area contributed by atoms with E-state index in [0.717, 1.165) is 11.8 Å². The van der Waals surface area contributed by atoms with Crippen molar-refractivity contribution >= 4 is 17.5 Å². The SMILES string of the molecule is CC(=O)c1cccc(F)c1SCCO. The van der Waals surface area contributed by atoms with Crippen molar-refractivity contribution in [3.8, 4) is 0 Å². The molecule has 0 aliphatic heterocycles. The van der Waals surface area contributed by atoms with Gasteiger partial charge >= 0.3 is 0 Å². The van der Waals surface area contributed by atoms with Gasteiger partial charge in [0.1, 0.15) is 5.82 Å². The Hall–Kier alpha value is -0.870. The fraction of sp³-hybridized carbons (Fsp3) is 0.300. The van der Waals surface area contributed by atoms with E-state index in [1.807, 2.05) is 0 Å². The highest BCUT2D eigenvalue weighted by molar-refractivity contribution is 7.99. The van der Waals surface area contributed by atoms with Gasteiger partial charge in [-0.05, 0) is 13.0 Å². The standard InChI is InChI=1S/C10H11FO2S/c1-7(13)8-3-2-4-9(11)10(8)14-6-5-12/h2-4,12H,5-6H2,1H3. The van der Waals surface area contributed by atoms with Crippen LogP contribution in [-0.2, 0) is 0 Å². The Bertz CT molecular complexity index is 339. The zero-order chi connectivity index (χ0) is 10.6. The van der Waals surface area contributed by atoms with Crippen LogP contribution in [0.25, 0.3) is 0 Å². The lowest BCUT2D eigenvalue weighted by Crippen LogP contribution is -1.99. The molecule has 0 aliphatic carbocycles. The number of rotatable bonds is 4. The third-order valence-electron chi connectivity index (χ3n) is 1.68. The molecule has 0 heterocycles. The van der Waals surface area contributed by atoms with E-state index >= 15 is 0 Å². The predicted octanol–water partition coefficient (Wildman–Crippen LogP) is 2.11. The fourth-order valence-electron chi connectivity index (χ4n) is 1.08. The molecule has 0 spiro atoms. The second kappa shape index (κ2) is 5.12. The number of halogens is 1. The highest BCUT2D eigenvalue weighted by atomic mass is 32.2. The second-order valence-corrected chi connectivity index (χ2v) is 3.85. The van der Waals surface area contributed by atoms with Crippen LogP contribution in [0.1, 0.15) is 17.3 Å². The molecule has 1 N–H and O–H groups in total. The molecule has 14 heavy (non-hydrogen) atoms. The lowest BCUT2D eigenvalue weighted by atomic mass is 10.1. The van der Waals surface area contributed by atoms with Gasteiger partial charge in [-0.2, -0.15) is 0 Å². The van der Waals surface area contributed by atoms with Crippen LogP contribution in [-0.4, -0.2) is 23.2 Å². The highest BCUT2D eigenvalue weighted by Gasteiger charge is 2.11. The summed E-state index contributed by atoms with van der Waals surface area (Å²) in [5, 5.41) is 8.62. The molecule has 0 saturated heterocycles. The minimum atomic E-state index is -0.406. The Morgan fingerprint density at radius 3 is 2.86 bits per heavy atom. The number of hydrogen-bond donors (Lipinski definition) is 1. The first kappa shape index (κ1) is 11.2. The molecule has 4 heteroatoms. The van der Waals surface area contributed by atoms with Crippen molar-refractivity contribution in [2.45, 2.75) is 11.8 Å². The summed E-state index contributed by atoms with van der Waals surface area (Å²) in [6.07, 6.45) is 0. The molecule has 0 saturated carbocycles. The molecule has 1 rings (SSSR count). The predicted molar refractivity (Wildman–Crippen MR) is 54.2 cm³/mol. The van der Waals surface area contributed by atoms with Crippen molar-refractivity contribution in [3.63, 3.8) is 0 Å². The Kier molecular flexibility index (Phi) is 4.10. The van der Waals surface area contributed by atoms with Crippen molar-refractivity contribution in [1.29, 1.82) is 0 Å². The van der Waals surface area contributed by atoms with E-state index < -0.39 is 5.82 Å². The van der Waals surface area contributed by atoms with E-state index in [4.69, 9.17) is 5.11 Å². The second-order valence-electron chi connectivity index (χ2n) is 2.74. The van der Waals surface area contributed by atoms with E-state index in [1.54, 1.807) is 6.07 Å². The summed E-state index contributed by atoms with van der Waals surface area (Å²) >= 11 is 1.16. The van der Waals surface area contributed by atoms with Gasteiger partial charge < -0.3 is 5.11 Å². The van der Waals surface area contributed by atoms with E-state index in [-0.39, 0.29) is 12.4 Å². The van der Waals surface area contributed by atoms with Gasteiger partial charge in [-0.15, -0.1) is 11.8 Å². The van der Waals surface area contributed by atoms with Crippen molar-refractivity contribution < 1.29 is 14.3 Å². The Balaban J connectivity index is 3.02. The number of aliphatic hydroxyl groups excluding tert-OH is 1. The van der Waals surface area contributed by atoms with Gasteiger partial charge in [0.25, 0.3) is 0 Å². The largest absolute Gasteiger partial charge is 0.396 e. The number of hydrogen-bond acceptors (Lipinski definition) is 3. The van der Waals surface area contributed by atoms with Crippen LogP contribution < -0.4 is 0 Å². The normalized spacial score (nSPS) is 10.2. The molecule has 0 aliphatic rings. The number of carbonyl (C=O) groups is 1. The molecule has 1 aromatic rings. The van der Waals surface area contributed by atoms with Crippen molar-refractivity contribution in [2.24, 2.45) is 0 Å². The Morgan fingerprint density at radius 1 is 1.57 bits per heavy atom. The average molecular weight is 214 g/mol. The maximum absolute atomic E-state index is 13.3. The first-order valence-electron chi connectivity index (χ1n) is 4.20. The molecule has 0 bridgehead atoms. The molecule has 2 nitrogen and oxygen atoms in total. The number of benzene rings is 1. The summed E-state index contributed by atoms with van der Waals surface area (Å²) in [6, 6.07) is 4.41. The Morgan fingerprint density at radius 2 is 2.29 bits per heavy atom. The van der Waals surface area contributed by atoms with E-state index in [0.29, 0.717) is 16.2 Å². The van der Waals surface area contributed by atoms with Crippen LogP contribution in [0, 0.1) is 5.82 Å². The smallest absolute Gasteiger partial charge is 0.161 e. The van der Waals surface area contributed by atoms with Crippen molar-refractivity contribution in [1.82, 2.24) is 0 Å². The summed E-state index contributed by atoms with van der Waals surface area (Å²) in [4.78, 5) is 11.5. The van der Waals surface area contributed by atoms with E-state index in [1.165, 1.54) is 19.1 Å². The molecular weight excluding hydrogens is 203 g/mol. The number of aliphatic hydroxyl groups is 1. The topological polar surface area (TPSA) is 37.3 Å². The average Bonchev–Trinajstić information content (AvgIpc) is 2.15. The minimum Gasteiger partial charge on any atom is -0.396 e. The molecule has 0 amide bonds. The molecule has 0 atom stereocenters. The minimum absolute atomic E-state index is 0.0314. The number of ketones is 1. The van der Waals surface area contributed by atoms with Crippen LogP contribution in [0.3, 0.4) is 0 Å². The van der Waals surface area contributed by atoms with Gasteiger partial charge in [0.2, 0.25) is 0 Å². The third-order valence-corrected chi connectivity index (χ3v) is 2.77. The Labute approximate surface area is 86.1 Å². The third kappa shape index (κ3) is 2.56. The quantitative estimate of drug-likeness (QED) is 0.616. The molecule has 0 fully saturated rings. The molecule has 0 radical (unpaired) electrons. The van der Waals surface area contributed by atoms with Gasteiger partial charge in [-0.25, -0.2) is 4.39 Å². The molecular formula is C10H11FO2S. The van der Waals surface area contributed by atoms with Gasteiger partial charge in [-0.1, -0.05) is 12.1 Å². The maximum atomic E-state index is 13.3. The van der Waals surface area contributed by atoms with Gasteiger partial charge in [0.05, 0.1) is 11.5 Å². The fourth-order valence-corrected chi connectivity index (χ4v) is 1.95. The molecule has 0 unspecified atom stereocenters. The first-order chi connectivity index (χ1) is 6.66. The first-order valence-corrected chi connectivity index (χ1v) is 5.18. The molecule has 0 aromatic heterocycles. The van der Waals surface area contributed by atoms with Crippen LogP contribution in [0.15, 0.2) is 23.1 Å². The van der Waals surface area contributed by atoms with Crippen LogP contribution in [0.2, 0.25) is 0 Å². The van der Waals surface area contributed by atoms with E-state index in [9.17, 15) is 9.18 Å². The van der Waals surface area contributed by atoms with E-state index in [2.05, 4.69) is 0 Å².